The average Bonchev–Trinajstić information content (AvgIpc) is 3.40. The Balaban J connectivity index is 1.38. The molecule has 0 aliphatic carbocycles. The van der Waals surface area contributed by atoms with E-state index in [0.29, 0.717) is 11.6 Å². The minimum Gasteiger partial charge on any atom is -0.371 e. The Morgan fingerprint density at radius 1 is 1.15 bits per heavy atom. The van der Waals surface area contributed by atoms with Gasteiger partial charge in [0.05, 0.1) is 12.4 Å². The average molecular weight is 365 g/mol. The van der Waals surface area contributed by atoms with E-state index in [0.717, 1.165) is 51.4 Å². The van der Waals surface area contributed by atoms with Crippen molar-refractivity contribution in [3.8, 4) is 0 Å². The van der Waals surface area contributed by atoms with Crippen LogP contribution in [0.2, 0.25) is 0 Å². The molecular formula is C21H27N5O. The summed E-state index contributed by atoms with van der Waals surface area (Å²) in [6.07, 6.45) is 6.67. The lowest BCUT2D eigenvalue weighted by Gasteiger charge is -2.23. The first kappa shape index (κ1) is 17.8. The van der Waals surface area contributed by atoms with Crippen molar-refractivity contribution in [1.82, 2.24) is 14.9 Å². The molecule has 4 rings (SSSR count). The van der Waals surface area contributed by atoms with Crippen LogP contribution in [0, 0.1) is 5.92 Å². The molecular weight excluding hydrogens is 338 g/mol. The van der Waals surface area contributed by atoms with Crippen molar-refractivity contribution in [3.05, 3.63) is 48.4 Å². The third-order valence-corrected chi connectivity index (χ3v) is 5.56. The Hall–Kier alpha value is -2.63. The molecule has 3 heterocycles. The van der Waals surface area contributed by atoms with Gasteiger partial charge < -0.3 is 14.7 Å². The quantitative estimate of drug-likeness (QED) is 0.815. The van der Waals surface area contributed by atoms with Crippen molar-refractivity contribution in [2.24, 2.45) is 5.92 Å². The normalized spacial score (nSPS) is 19.5. The molecule has 6 nitrogen and oxygen atoms in total. The van der Waals surface area contributed by atoms with Gasteiger partial charge in [-0.3, -0.25) is 9.78 Å². The fourth-order valence-corrected chi connectivity index (χ4v) is 4.06. The van der Waals surface area contributed by atoms with E-state index in [1.165, 1.54) is 12.1 Å². The molecule has 1 amide bonds. The van der Waals surface area contributed by atoms with Crippen LogP contribution in [0.15, 0.2) is 42.7 Å². The highest BCUT2D eigenvalue weighted by Crippen LogP contribution is 2.25. The zero-order chi connectivity index (χ0) is 18.6. The molecule has 2 saturated heterocycles. The third-order valence-electron chi connectivity index (χ3n) is 5.56. The van der Waals surface area contributed by atoms with Crippen molar-refractivity contribution >= 4 is 17.4 Å². The van der Waals surface area contributed by atoms with Crippen molar-refractivity contribution in [3.63, 3.8) is 0 Å². The summed E-state index contributed by atoms with van der Waals surface area (Å²) in [4.78, 5) is 27.9. The molecule has 2 aliphatic rings. The van der Waals surface area contributed by atoms with E-state index in [1.807, 2.05) is 11.9 Å². The van der Waals surface area contributed by atoms with Crippen molar-refractivity contribution in [2.75, 3.05) is 49.6 Å². The highest BCUT2D eigenvalue weighted by atomic mass is 16.2. The summed E-state index contributed by atoms with van der Waals surface area (Å²) in [5.74, 6) is 1.36. The van der Waals surface area contributed by atoms with E-state index in [2.05, 4.69) is 50.1 Å². The highest BCUT2D eigenvalue weighted by Gasteiger charge is 2.25. The van der Waals surface area contributed by atoms with Crippen LogP contribution >= 0.6 is 0 Å². The summed E-state index contributed by atoms with van der Waals surface area (Å²) in [6, 6.07) is 10.6. The molecule has 6 heteroatoms. The molecule has 0 saturated carbocycles. The third kappa shape index (κ3) is 4.04. The van der Waals surface area contributed by atoms with Crippen LogP contribution in [-0.2, 0) is 0 Å². The highest BCUT2D eigenvalue weighted by molar-refractivity contribution is 5.92. The minimum atomic E-state index is 0.00590. The standard InChI is InChI=1S/C21H27N5O/c1-24(15-17-9-12-26(16-17)18-7-3-2-4-8-18)20-14-22-13-19(23-20)21(27)25-10-5-6-11-25/h2-4,7-8,13-14,17H,5-6,9-12,15-16H2,1H3. The zero-order valence-corrected chi connectivity index (χ0v) is 15.9. The molecule has 27 heavy (non-hydrogen) atoms. The minimum absolute atomic E-state index is 0.00590. The van der Waals surface area contributed by atoms with Crippen LogP contribution < -0.4 is 9.80 Å². The second-order valence-electron chi connectivity index (χ2n) is 7.58. The molecule has 1 aromatic heterocycles. The van der Waals surface area contributed by atoms with Crippen LogP contribution in [0.3, 0.4) is 0 Å². The first-order valence-corrected chi connectivity index (χ1v) is 9.83. The number of amides is 1. The van der Waals surface area contributed by atoms with E-state index >= 15 is 0 Å². The molecule has 2 fully saturated rings. The number of likely N-dealkylation sites (tertiary alicyclic amines) is 1. The molecule has 1 atom stereocenters. The largest absolute Gasteiger partial charge is 0.371 e. The van der Waals surface area contributed by atoms with Gasteiger partial charge in [-0.05, 0) is 37.3 Å². The summed E-state index contributed by atoms with van der Waals surface area (Å²) >= 11 is 0. The molecule has 1 aromatic carbocycles. The van der Waals surface area contributed by atoms with Crippen LogP contribution in [0.1, 0.15) is 29.8 Å². The molecule has 0 spiro atoms. The maximum atomic E-state index is 12.6. The second-order valence-corrected chi connectivity index (χ2v) is 7.58. The number of hydrogen-bond donors (Lipinski definition) is 0. The smallest absolute Gasteiger partial charge is 0.274 e. The van der Waals surface area contributed by atoms with Crippen LogP contribution in [0.25, 0.3) is 0 Å². The fraction of sp³-hybridized carbons (Fsp3) is 0.476. The summed E-state index contributed by atoms with van der Waals surface area (Å²) < 4.78 is 0. The maximum Gasteiger partial charge on any atom is 0.274 e. The fourth-order valence-electron chi connectivity index (χ4n) is 4.06. The van der Waals surface area contributed by atoms with Crippen LogP contribution in [0.4, 0.5) is 11.5 Å². The molecule has 1 unspecified atom stereocenters. The van der Waals surface area contributed by atoms with E-state index < -0.39 is 0 Å². The van der Waals surface area contributed by atoms with Crippen LogP contribution in [0.5, 0.6) is 0 Å². The lowest BCUT2D eigenvalue weighted by Crippen LogP contribution is -2.31. The van der Waals surface area contributed by atoms with E-state index in [-0.39, 0.29) is 5.91 Å². The number of hydrogen-bond acceptors (Lipinski definition) is 5. The Morgan fingerprint density at radius 2 is 1.93 bits per heavy atom. The molecule has 0 radical (unpaired) electrons. The number of carbonyl (C=O) groups is 1. The number of anilines is 2. The number of nitrogens with zero attached hydrogens (tertiary/aromatic N) is 5. The number of benzene rings is 1. The van der Waals surface area contributed by atoms with Gasteiger partial charge in [0.15, 0.2) is 0 Å². The molecule has 2 aliphatic heterocycles. The van der Waals surface area contributed by atoms with Crippen LogP contribution in [-0.4, -0.2) is 60.5 Å². The lowest BCUT2D eigenvalue weighted by molar-refractivity contribution is 0.0786. The van der Waals surface area contributed by atoms with Gasteiger partial charge in [0.2, 0.25) is 0 Å². The zero-order valence-electron chi connectivity index (χ0n) is 15.9. The Bertz CT molecular complexity index is 775. The summed E-state index contributed by atoms with van der Waals surface area (Å²) in [5, 5.41) is 0. The second kappa shape index (κ2) is 7.94. The van der Waals surface area contributed by atoms with Gasteiger partial charge in [0.1, 0.15) is 11.5 Å². The predicted octanol–water partition coefficient (Wildman–Crippen LogP) is 2.68. The van der Waals surface area contributed by atoms with E-state index in [1.54, 1.807) is 12.4 Å². The van der Waals surface area contributed by atoms with Gasteiger partial charge in [-0.15, -0.1) is 0 Å². The summed E-state index contributed by atoms with van der Waals surface area (Å²) in [6.45, 7) is 4.71. The predicted molar refractivity (Wildman–Crippen MR) is 107 cm³/mol. The van der Waals surface area contributed by atoms with Gasteiger partial charge in [-0.2, -0.15) is 0 Å². The monoisotopic (exact) mass is 365 g/mol. The van der Waals surface area contributed by atoms with Crippen molar-refractivity contribution in [2.45, 2.75) is 19.3 Å². The summed E-state index contributed by atoms with van der Waals surface area (Å²) in [7, 11) is 2.04. The summed E-state index contributed by atoms with van der Waals surface area (Å²) in [5.41, 5.74) is 1.75. The molecule has 0 N–H and O–H groups in total. The Labute approximate surface area is 160 Å². The van der Waals surface area contributed by atoms with Crippen molar-refractivity contribution in [1.29, 1.82) is 0 Å². The van der Waals surface area contributed by atoms with Gasteiger partial charge in [-0.25, -0.2) is 4.98 Å². The SMILES string of the molecule is CN(CC1CCN(c2ccccc2)C1)c1cncc(C(=O)N2CCCC2)n1. The first-order valence-electron chi connectivity index (χ1n) is 9.83. The topological polar surface area (TPSA) is 52.6 Å². The molecule has 142 valence electrons. The maximum absolute atomic E-state index is 12.6. The van der Waals surface area contributed by atoms with Gasteiger partial charge in [0.25, 0.3) is 5.91 Å². The molecule has 2 aromatic rings. The van der Waals surface area contributed by atoms with Gasteiger partial charge >= 0.3 is 0 Å². The van der Waals surface area contributed by atoms with Gasteiger partial charge in [-0.1, -0.05) is 18.2 Å². The number of carbonyl (C=O) groups excluding carboxylic acids is 1. The lowest BCUT2D eigenvalue weighted by atomic mass is 10.1. The van der Waals surface area contributed by atoms with Gasteiger partial charge in [0, 0.05) is 45.5 Å². The van der Waals surface area contributed by atoms with Crippen molar-refractivity contribution < 1.29 is 4.79 Å². The first-order chi connectivity index (χ1) is 13.2. The number of aromatic nitrogens is 2. The molecule has 0 bridgehead atoms. The van der Waals surface area contributed by atoms with E-state index in [4.69, 9.17) is 0 Å². The number of rotatable bonds is 5. The number of para-hydroxylation sites is 1. The Morgan fingerprint density at radius 3 is 2.70 bits per heavy atom. The Kier molecular flexibility index (Phi) is 5.23. The van der Waals surface area contributed by atoms with E-state index in [9.17, 15) is 4.79 Å².